The van der Waals surface area contributed by atoms with Gasteiger partial charge in [0.2, 0.25) is 5.91 Å². The van der Waals surface area contributed by atoms with Gasteiger partial charge < -0.3 is 10.1 Å². The molecule has 0 spiro atoms. The molecule has 1 saturated heterocycles. The Morgan fingerprint density at radius 1 is 1.45 bits per heavy atom. The van der Waals surface area contributed by atoms with Gasteiger partial charge in [-0.2, -0.15) is 8.78 Å². The number of amides is 1. The van der Waals surface area contributed by atoms with Crippen LogP contribution in [-0.4, -0.2) is 48.4 Å². The van der Waals surface area contributed by atoms with Crippen molar-refractivity contribution in [2.45, 2.75) is 30.1 Å². The highest BCUT2D eigenvalue weighted by atomic mass is 32.2. The van der Waals surface area contributed by atoms with E-state index in [4.69, 9.17) is 4.74 Å². The number of alkyl halides is 2. The molecule has 1 aromatic rings. The van der Waals surface area contributed by atoms with Gasteiger partial charge >= 0.3 is 0 Å². The fraction of sp³-hybridized carbons (Fsp3) is 0.533. The predicted molar refractivity (Wildman–Crippen MR) is 83.4 cm³/mol. The van der Waals surface area contributed by atoms with Gasteiger partial charge in [0.1, 0.15) is 0 Å². The van der Waals surface area contributed by atoms with Gasteiger partial charge in [0.25, 0.3) is 5.76 Å². The summed E-state index contributed by atoms with van der Waals surface area (Å²) < 4.78 is 30.6. The lowest BCUT2D eigenvalue weighted by atomic mass is 10.1. The first kappa shape index (κ1) is 17.2. The van der Waals surface area contributed by atoms with Crippen molar-refractivity contribution in [3.05, 3.63) is 24.3 Å². The molecule has 0 aliphatic carbocycles. The molecule has 1 aromatic carbocycles. The van der Waals surface area contributed by atoms with Crippen LogP contribution in [0.3, 0.4) is 0 Å². The van der Waals surface area contributed by atoms with Crippen molar-refractivity contribution in [3.8, 4) is 0 Å². The van der Waals surface area contributed by atoms with Gasteiger partial charge in [-0.15, -0.1) is 0 Å². The number of ether oxygens (including phenoxy) is 1. The van der Waals surface area contributed by atoms with Gasteiger partial charge in [0.15, 0.2) is 0 Å². The maximum atomic E-state index is 12.5. The minimum atomic E-state index is -2.52. The highest BCUT2D eigenvalue weighted by molar-refractivity contribution is 7.99. The number of benzene rings is 1. The number of para-hydroxylation sites is 1. The van der Waals surface area contributed by atoms with Crippen LogP contribution in [0.15, 0.2) is 29.2 Å². The van der Waals surface area contributed by atoms with Crippen molar-refractivity contribution in [1.29, 1.82) is 0 Å². The molecule has 4 nitrogen and oxygen atoms in total. The highest BCUT2D eigenvalue weighted by Crippen LogP contribution is 2.31. The Morgan fingerprint density at radius 3 is 2.86 bits per heavy atom. The molecule has 1 amide bonds. The first-order valence-corrected chi connectivity index (χ1v) is 7.94. The molecule has 1 fully saturated rings. The van der Waals surface area contributed by atoms with Crippen LogP contribution >= 0.6 is 11.8 Å². The van der Waals surface area contributed by atoms with Crippen molar-refractivity contribution >= 4 is 23.4 Å². The van der Waals surface area contributed by atoms with E-state index >= 15 is 0 Å². The molecule has 122 valence electrons. The monoisotopic (exact) mass is 330 g/mol. The van der Waals surface area contributed by atoms with Crippen molar-refractivity contribution in [3.63, 3.8) is 0 Å². The zero-order valence-corrected chi connectivity index (χ0v) is 13.5. The van der Waals surface area contributed by atoms with Gasteiger partial charge in [0.05, 0.1) is 24.4 Å². The molecule has 0 saturated carbocycles. The summed E-state index contributed by atoms with van der Waals surface area (Å²) in [5.41, 5.74) is 0.146. The van der Waals surface area contributed by atoms with Gasteiger partial charge in [-0.05, 0) is 26.0 Å². The number of hydrogen-bond acceptors (Lipinski definition) is 4. The number of halogens is 2. The summed E-state index contributed by atoms with van der Waals surface area (Å²) in [5.74, 6) is -2.72. The summed E-state index contributed by atoms with van der Waals surface area (Å²) in [5, 5.41) is 2.71. The first-order chi connectivity index (χ1) is 10.4. The second-order valence-corrected chi connectivity index (χ2v) is 6.77. The van der Waals surface area contributed by atoms with Crippen molar-refractivity contribution in [1.82, 2.24) is 4.90 Å². The van der Waals surface area contributed by atoms with Crippen LogP contribution in [0.5, 0.6) is 0 Å². The summed E-state index contributed by atoms with van der Waals surface area (Å²) in [6.07, 6.45) is 0. The fourth-order valence-corrected chi connectivity index (χ4v) is 3.01. The molecule has 7 heteroatoms. The number of thioether (sulfide) groups is 1. The maximum absolute atomic E-state index is 12.5. The summed E-state index contributed by atoms with van der Waals surface area (Å²) in [7, 11) is 0. The number of nitrogens with one attached hydrogen (secondary N) is 1. The van der Waals surface area contributed by atoms with E-state index in [1.165, 1.54) is 0 Å². The number of hydrogen-bond donors (Lipinski definition) is 1. The molecule has 0 unspecified atom stereocenters. The van der Waals surface area contributed by atoms with Crippen LogP contribution in [0.4, 0.5) is 14.5 Å². The lowest BCUT2D eigenvalue weighted by Gasteiger charge is -2.37. The number of nitrogens with zero attached hydrogens (tertiary/aromatic N) is 1. The Hall–Kier alpha value is -1.18. The van der Waals surface area contributed by atoms with Crippen LogP contribution < -0.4 is 5.32 Å². The molecule has 0 aromatic heterocycles. The smallest absolute Gasteiger partial charge is 0.288 e. The number of carbonyl (C=O) groups is 1. The molecule has 1 aliphatic rings. The van der Waals surface area contributed by atoms with Crippen molar-refractivity contribution in [2.75, 3.05) is 31.6 Å². The zero-order chi connectivity index (χ0) is 16.2. The minimum absolute atomic E-state index is 0.208. The van der Waals surface area contributed by atoms with Crippen LogP contribution in [0.25, 0.3) is 0 Å². The lowest BCUT2D eigenvalue weighted by Crippen LogP contribution is -2.50. The van der Waals surface area contributed by atoms with Crippen molar-refractivity contribution < 1.29 is 18.3 Å². The molecule has 1 N–H and O–H groups in total. The lowest BCUT2D eigenvalue weighted by molar-refractivity contribution is -0.122. The Bertz CT molecular complexity index is 526. The van der Waals surface area contributed by atoms with Crippen LogP contribution in [0, 0.1) is 0 Å². The Morgan fingerprint density at radius 2 is 2.18 bits per heavy atom. The topological polar surface area (TPSA) is 41.6 Å². The van der Waals surface area contributed by atoms with Crippen LogP contribution in [-0.2, 0) is 9.53 Å². The molecule has 0 bridgehead atoms. The Balaban J connectivity index is 1.95. The van der Waals surface area contributed by atoms with E-state index in [0.717, 1.165) is 0 Å². The predicted octanol–water partition coefficient (Wildman–Crippen LogP) is 3.05. The molecule has 2 rings (SSSR count). The average molecular weight is 330 g/mol. The van der Waals surface area contributed by atoms with Gasteiger partial charge in [-0.25, -0.2) is 0 Å². The summed E-state index contributed by atoms with van der Waals surface area (Å²) >= 11 is 0.431. The van der Waals surface area contributed by atoms with Crippen molar-refractivity contribution in [2.24, 2.45) is 0 Å². The SMILES string of the molecule is CC1(C)CN(CC(=O)Nc2ccccc2SC(F)F)CCO1. The van der Waals surface area contributed by atoms with Gasteiger partial charge in [0, 0.05) is 18.0 Å². The quantitative estimate of drug-likeness (QED) is 0.843. The molecule has 1 heterocycles. The van der Waals surface area contributed by atoms with Crippen LogP contribution in [0.2, 0.25) is 0 Å². The third-order valence-electron chi connectivity index (χ3n) is 3.25. The highest BCUT2D eigenvalue weighted by Gasteiger charge is 2.28. The number of carbonyl (C=O) groups excluding carboxylic acids is 1. The average Bonchev–Trinajstić information content (AvgIpc) is 2.39. The number of anilines is 1. The second kappa shape index (κ2) is 7.39. The molecular weight excluding hydrogens is 310 g/mol. The zero-order valence-electron chi connectivity index (χ0n) is 12.6. The van der Waals surface area contributed by atoms with E-state index < -0.39 is 5.76 Å². The molecule has 0 atom stereocenters. The van der Waals surface area contributed by atoms with E-state index in [1.54, 1.807) is 24.3 Å². The normalized spacial score (nSPS) is 18.4. The van der Waals surface area contributed by atoms with E-state index in [1.807, 2.05) is 18.7 Å². The fourth-order valence-electron chi connectivity index (χ4n) is 2.41. The van der Waals surface area contributed by atoms with Gasteiger partial charge in [-0.3, -0.25) is 9.69 Å². The maximum Gasteiger partial charge on any atom is 0.288 e. The van der Waals surface area contributed by atoms with E-state index in [-0.39, 0.29) is 18.1 Å². The third-order valence-corrected chi connectivity index (χ3v) is 4.04. The summed E-state index contributed by atoms with van der Waals surface area (Å²) in [6, 6.07) is 6.59. The summed E-state index contributed by atoms with van der Waals surface area (Å²) in [6.45, 7) is 6.11. The number of morpholine rings is 1. The minimum Gasteiger partial charge on any atom is -0.373 e. The first-order valence-electron chi connectivity index (χ1n) is 7.06. The largest absolute Gasteiger partial charge is 0.373 e. The summed E-state index contributed by atoms with van der Waals surface area (Å²) in [4.78, 5) is 14.5. The van der Waals surface area contributed by atoms with E-state index in [0.29, 0.717) is 42.0 Å². The Labute approximate surface area is 133 Å². The second-order valence-electron chi connectivity index (χ2n) is 5.74. The van der Waals surface area contributed by atoms with Crippen LogP contribution in [0.1, 0.15) is 13.8 Å². The van der Waals surface area contributed by atoms with E-state index in [2.05, 4.69) is 5.32 Å². The molecule has 1 aliphatic heterocycles. The van der Waals surface area contributed by atoms with Gasteiger partial charge in [-0.1, -0.05) is 23.9 Å². The molecule has 22 heavy (non-hydrogen) atoms. The molecule has 0 radical (unpaired) electrons. The molecular formula is C15H20F2N2O2S. The Kier molecular flexibility index (Phi) is 5.77. The number of rotatable bonds is 5. The van der Waals surface area contributed by atoms with E-state index in [9.17, 15) is 13.6 Å². The third kappa shape index (κ3) is 5.23. The standard InChI is InChI=1S/C15H20F2N2O2S/c1-15(2)10-19(7-8-21-15)9-13(20)18-11-5-3-4-6-12(11)22-14(16)17/h3-6,14H,7-10H2,1-2H3,(H,18,20).